The highest BCUT2D eigenvalue weighted by molar-refractivity contribution is 5.87. The highest BCUT2D eigenvalue weighted by Crippen LogP contribution is 2.20. The van der Waals surface area contributed by atoms with Gasteiger partial charge in [0.2, 0.25) is 5.91 Å². The lowest BCUT2D eigenvalue weighted by molar-refractivity contribution is -0.117. The molecule has 1 N–H and O–H groups in total. The largest absolute Gasteiger partial charge is 0.378 e. The van der Waals surface area contributed by atoms with Crippen LogP contribution in [-0.2, 0) is 9.53 Å². The van der Waals surface area contributed by atoms with Crippen molar-refractivity contribution in [3.63, 3.8) is 0 Å². The number of benzene rings is 1. The summed E-state index contributed by atoms with van der Waals surface area (Å²) in [5.74, 6) is -0.148. The van der Waals surface area contributed by atoms with Crippen molar-refractivity contribution in [3.8, 4) is 0 Å². The van der Waals surface area contributed by atoms with Gasteiger partial charge in [-0.15, -0.1) is 0 Å². The van der Waals surface area contributed by atoms with Gasteiger partial charge >= 0.3 is 0 Å². The van der Waals surface area contributed by atoms with Crippen LogP contribution in [0.1, 0.15) is 18.5 Å². The SMILES string of the molecule is C=CC(=O)NC(C)c1ccc(N2CCOCC2)cc1. The molecule has 1 aromatic rings. The van der Waals surface area contributed by atoms with Crippen molar-refractivity contribution in [1.29, 1.82) is 0 Å². The summed E-state index contributed by atoms with van der Waals surface area (Å²) in [4.78, 5) is 13.6. The van der Waals surface area contributed by atoms with Crippen molar-refractivity contribution in [3.05, 3.63) is 42.5 Å². The highest BCUT2D eigenvalue weighted by Gasteiger charge is 2.12. The summed E-state index contributed by atoms with van der Waals surface area (Å²) in [5.41, 5.74) is 2.29. The Morgan fingerprint density at radius 3 is 2.58 bits per heavy atom. The maximum Gasteiger partial charge on any atom is 0.243 e. The third-order valence-electron chi connectivity index (χ3n) is 3.31. The van der Waals surface area contributed by atoms with Crippen molar-refractivity contribution in [2.24, 2.45) is 0 Å². The lowest BCUT2D eigenvalue weighted by atomic mass is 10.1. The summed E-state index contributed by atoms with van der Waals surface area (Å²) in [6, 6.07) is 8.29. The van der Waals surface area contributed by atoms with Crippen molar-refractivity contribution in [2.45, 2.75) is 13.0 Å². The molecular weight excluding hydrogens is 240 g/mol. The molecule has 4 nitrogen and oxygen atoms in total. The predicted molar refractivity (Wildman–Crippen MR) is 76.2 cm³/mol. The molecule has 19 heavy (non-hydrogen) atoms. The Bertz CT molecular complexity index is 436. The Balaban J connectivity index is 2.00. The van der Waals surface area contributed by atoms with Gasteiger partial charge in [-0.3, -0.25) is 4.79 Å². The second-order valence-corrected chi connectivity index (χ2v) is 4.63. The molecule has 1 heterocycles. The summed E-state index contributed by atoms with van der Waals surface area (Å²) in [5, 5.41) is 2.85. The Morgan fingerprint density at radius 2 is 2.00 bits per heavy atom. The van der Waals surface area contributed by atoms with E-state index < -0.39 is 0 Å². The molecule has 1 amide bonds. The molecule has 1 aromatic carbocycles. The summed E-state index contributed by atoms with van der Waals surface area (Å²) >= 11 is 0. The van der Waals surface area contributed by atoms with Gasteiger partial charge in [0.25, 0.3) is 0 Å². The molecule has 1 saturated heterocycles. The molecule has 1 atom stereocenters. The third-order valence-corrected chi connectivity index (χ3v) is 3.31. The quantitative estimate of drug-likeness (QED) is 0.841. The van der Waals surface area contributed by atoms with Crippen LogP contribution >= 0.6 is 0 Å². The lowest BCUT2D eigenvalue weighted by Crippen LogP contribution is -2.36. The number of morpholine rings is 1. The molecule has 0 radical (unpaired) electrons. The summed E-state index contributed by atoms with van der Waals surface area (Å²) in [6.07, 6.45) is 1.29. The average Bonchev–Trinajstić information content (AvgIpc) is 2.48. The number of ether oxygens (including phenoxy) is 1. The zero-order valence-corrected chi connectivity index (χ0v) is 11.3. The maximum absolute atomic E-state index is 11.3. The predicted octanol–water partition coefficient (Wildman–Crippen LogP) is 1.89. The monoisotopic (exact) mass is 260 g/mol. The summed E-state index contributed by atoms with van der Waals surface area (Å²) < 4.78 is 5.34. The zero-order valence-electron chi connectivity index (χ0n) is 11.3. The number of nitrogens with zero attached hydrogens (tertiary/aromatic N) is 1. The van der Waals surface area contributed by atoms with Gasteiger partial charge in [-0.1, -0.05) is 18.7 Å². The zero-order chi connectivity index (χ0) is 13.7. The van der Waals surface area contributed by atoms with Crippen LogP contribution in [-0.4, -0.2) is 32.2 Å². The Labute approximate surface area is 114 Å². The fourth-order valence-electron chi connectivity index (χ4n) is 2.15. The van der Waals surface area contributed by atoms with E-state index in [-0.39, 0.29) is 11.9 Å². The van der Waals surface area contributed by atoms with Crippen molar-refractivity contribution in [2.75, 3.05) is 31.2 Å². The topological polar surface area (TPSA) is 41.6 Å². The first kappa shape index (κ1) is 13.6. The molecule has 1 fully saturated rings. The minimum atomic E-state index is -0.148. The molecule has 4 heteroatoms. The van der Waals surface area contributed by atoms with Crippen LogP contribution in [0.15, 0.2) is 36.9 Å². The smallest absolute Gasteiger partial charge is 0.243 e. The van der Waals surface area contributed by atoms with E-state index in [1.54, 1.807) is 0 Å². The first-order chi connectivity index (χ1) is 9.20. The van der Waals surface area contributed by atoms with Crippen molar-refractivity contribution >= 4 is 11.6 Å². The number of carbonyl (C=O) groups excluding carboxylic acids is 1. The second kappa shape index (κ2) is 6.38. The fourth-order valence-corrected chi connectivity index (χ4v) is 2.15. The van der Waals surface area contributed by atoms with Gasteiger partial charge < -0.3 is 15.0 Å². The van der Waals surface area contributed by atoms with Crippen LogP contribution in [0.2, 0.25) is 0 Å². The molecule has 0 saturated carbocycles. The van der Waals surface area contributed by atoms with Crippen LogP contribution in [0.25, 0.3) is 0 Å². The first-order valence-corrected chi connectivity index (χ1v) is 6.56. The van der Waals surface area contributed by atoms with Gasteiger partial charge in [-0.25, -0.2) is 0 Å². The van der Waals surface area contributed by atoms with E-state index in [1.807, 2.05) is 6.92 Å². The molecule has 0 aliphatic carbocycles. The molecular formula is C15H20N2O2. The van der Waals surface area contributed by atoms with Crippen LogP contribution in [0.3, 0.4) is 0 Å². The van der Waals surface area contributed by atoms with E-state index in [2.05, 4.69) is 41.1 Å². The Hall–Kier alpha value is -1.81. The van der Waals surface area contributed by atoms with E-state index in [9.17, 15) is 4.79 Å². The van der Waals surface area contributed by atoms with E-state index in [0.717, 1.165) is 31.9 Å². The van der Waals surface area contributed by atoms with Crippen LogP contribution < -0.4 is 10.2 Å². The van der Waals surface area contributed by atoms with E-state index in [0.29, 0.717) is 0 Å². The van der Waals surface area contributed by atoms with Crippen LogP contribution in [0.5, 0.6) is 0 Å². The Morgan fingerprint density at radius 1 is 1.37 bits per heavy atom. The van der Waals surface area contributed by atoms with Gasteiger partial charge in [0, 0.05) is 18.8 Å². The molecule has 0 spiro atoms. The number of carbonyl (C=O) groups is 1. The maximum atomic E-state index is 11.3. The molecule has 0 bridgehead atoms. The van der Waals surface area contributed by atoms with Gasteiger partial charge in [0.05, 0.1) is 19.3 Å². The molecule has 2 rings (SSSR count). The van der Waals surface area contributed by atoms with Gasteiger partial charge in [-0.2, -0.15) is 0 Å². The van der Waals surface area contributed by atoms with Gasteiger partial charge in [0.1, 0.15) is 0 Å². The number of hydrogen-bond donors (Lipinski definition) is 1. The molecule has 102 valence electrons. The summed E-state index contributed by atoms with van der Waals surface area (Å²) in [6.45, 7) is 8.85. The van der Waals surface area contributed by atoms with Crippen molar-refractivity contribution in [1.82, 2.24) is 5.32 Å². The standard InChI is InChI=1S/C15H20N2O2/c1-3-15(18)16-12(2)13-4-6-14(7-5-13)17-8-10-19-11-9-17/h3-7,12H,1,8-11H2,2H3,(H,16,18). The van der Waals surface area contributed by atoms with Crippen LogP contribution in [0, 0.1) is 0 Å². The van der Waals surface area contributed by atoms with E-state index in [1.165, 1.54) is 11.8 Å². The normalized spacial score (nSPS) is 16.8. The Kier molecular flexibility index (Phi) is 4.58. The van der Waals surface area contributed by atoms with Crippen molar-refractivity contribution < 1.29 is 9.53 Å². The van der Waals surface area contributed by atoms with Crippen LogP contribution in [0.4, 0.5) is 5.69 Å². The molecule has 1 unspecified atom stereocenters. The second-order valence-electron chi connectivity index (χ2n) is 4.63. The number of nitrogens with one attached hydrogen (secondary N) is 1. The summed E-state index contributed by atoms with van der Waals surface area (Å²) in [7, 11) is 0. The first-order valence-electron chi connectivity index (χ1n) is 6.56. The highest BCUT2D eigenvalue weighted by atomic mass is 16.5. The lowest BCUT2D eigenvalue weighted by Gasteiger charge is -2.29. The molecule has 1 aliphatic heterocycles. The minimum Gasteiger partial charge on any atom is -0.378 e. The van der Waals surface area contributed by atoms with E-state index >= 15 is 0 Å². The minimum absolute atomic E-state index is 0.00996. The number of hydrogen-bond acceptors (Lipinski definition) is 3. The average molecular weight is 260 g/mol. The van der Waals surface area contributed by atoms with Gasteiger partial charge in [0.15, 0.2) is 0 Å². The fraction of sp³-hybridized carbons (Fsp3) is 0.400. The number of rotatable bonds is 4. The number of anilines is 1. The van der Waals surface area contributed by atoms with Gasteiger partial charge in [-0.05, 0) is 30.7 Å². The molecule has 0 aromatic heterocycles. The van der Waals surface area contributed by atoms with E-state index in [4.69, 9.17) is 4.74 Å². The molecule has 1 aliphatic rings. The number of amides is 1. The third kappa shape index (κ3) is 3.58.